The van der Waals surface area contributed by atoms with Crippen molar-refractivity contribution in [1.82, 2.24) is 15.0 Å². The van der Waals surface area contributed by atoms with Crippen LogP contribution in [0.3, 0.4) is 0 Å². The number of alkyl halides is 3. The number of hydrogen-bond donors (Lipinski definition) is 2. The van der Waals surface area contributed by atoms with E-state index in [9.17, 15) is 22.8 Å². The number of rotatable bonds is 7. The quantitative estimate of drug-likeness (QED) is 0.688. The molecule has 8 nitrogen and oxygen atoms in total. The molecule has 31 heavy (non-hydrogen) atoms. The number of amides is 3. The molecule has 0 radical (unpaired) electrons. The smallest absolute Gasteiger partial charge is 0.360 e. The molecule has 168 valence electrons. The summed E-state index contributed by atoms with van der Waals surface area (Å²) in [5, 5.41) is 8.48. The predicted octanol–water partition coefficient (Wildman–Crippen LogP) is 3.57. The maximum Gasteiger partial charge on any atom is 0.418 e. The fraction of sp³-hybridized carbons (Fsp3) is 0.450. The molecule has 2 N–H and O–H groups in total. The SMILES string of the molecule is Cc1cc(NC(=O)CN(CCN2CCCC2)C(=O)Nc2ccccc2C(F)(F)F)no1. The van der Waals surface area contributed by atoms with Crippen LogP contribution < -0.4 is 10.6 Å². The van der Waals surface area contributed by atoms with Crippen LogP contribution in [0.5, 0.6) is 0 Å². The van der Waals surface area contributed by atoms with Gasteiger partial charge < -0.3 is 25.0 Å². The summed E-state index contributed by atoms with van der Waals surface area (Å²) < 4.78 is 44.7. The minimum atomic E-state index is -4.62. The zero-order valence-corrected chi connectivity index (χ0v) is 17.0. The fourth-order valence-corrected chi connectivity index (χ4v) is 3.34. The van der Waals surface area contributed by atoms with Gasteiger partial charge in [0.1, 0.15) is 12.3 Å². The van der Waals surface area contributed by atoms with Crippen molar-refractivity contribution >= 4 is 23.4 Å². The molecule has 0 saturated carbocycles. The van der Waals surface area contributed by atoms with Crippen molar-refractivity contribution in [2.45, 2.75) is 25.9 Å². The monoisotopic (exact) mass is 439 g/mol. The Morgan fingerprint density at radius 1 is 1.19 bits per heavy atom. The van der Waals surface area contributed by atoms with Gasteiger partial charge in [-0.2, -0.15) is 13.2 Å². The molecule has 0 bridgehead atoms. The molecule has 1 aliphatic heterocycles. The number of para-hydroxylation sites is 1. The van der Waals surface area contributed by atoms with Gasteiger partial charge in [0.25, 0.3) is 0 Å². The summed E-state index contributed by atoms with van der Waals surface area (Å²) >= 11 is 0. The van der Waals surface area contributed by atoms with Crippen molar-refractivity contribution < 1.29 is 27.3 Å². The van der Waals surface area contributed by atoms with Crippen molar-refractivity contribution in [2.24, 2.45) is 0 Å². The summed E-state index contributed by atoms with van der Waals surface area (Å²) in [6, 6.07) is 5.45. The van der Waals surface area contributed by atoms with Gasteiger partial charge >= 0.3 is 12.2 Å². The van der Waals surface area contributed by atoms with E-state index in [1.807, 2.05) is 0 Å². The third-order valence-electron chi connectivity index (χ3n) is 4.88. The number of hydrogen-bond acceptors (Lipinski definition) is 5. The van der Waals surface area contributed by atoms with E-state index in [-0.39, 0.29) is 24.6 Å². The normalized spacial score (nSPS) is 14.5. The first-order valence-corrected chi connectivity index (χ1v) is 9.90. The summed E-state index contributed by atoms with van der Waals surface area (Å²) in [4.78, 5) is 28.5. The molecule has 1 aliphatic rings. The van der Waals surface area contributed by atoms with Crippen LogP contribution in [0, 0.1) is 6.92 Å². The van der Waals surface area contributed by atoms with Crippen molar-refractivity contribution in [3.05, 3.63) is 41.7 Å². The van der Waals surface area contributed by atoms with E-state index < -0.39 is 23.7 Å². The van der Waals surface area contributed by atoms with Gasteiger partial charge in [0.2, 0.25) is 5.91 Å². The molecule has 0 aliphatic carbocycles. The Kier molecular flexibility index (Phi) is 7.16. The first kappa shape index (κ1) is 22.6. The molecule has 1 aromatic heterocycles. The van der Waals surface area contributed by atoms with Crippen LogP contribution in [0.1, 0.15) is 24.2 Å². The third-order valence-corrected chi connectivity index (χ3v) is 4.88. The Balaban J connectivity index is 1.70. The zero-order valence-electron chi connectivity index (χ0n) is 17.0. The molecule has 3 rings (SSSR count). The maximum absolute atomic E-state index is 13.3. The Morgan fingerprint density at radius 2 is 1.90 bits per heavy atom. The van der Waals surface area contributed by atoms with E-state index in [0.717, 1.165) is 32.0 Å². The number of carbonyl (C=O) groups excluding carboxylic acids is 2. The minimum Gasteiger partial charge on any atom is -0.360 e. The molecule has 0 spiro atoms. The number of anilines is 2. The van der Waals surface area contributed by atoms with Crippen LogP contribution in [-0.4, -0.2) is 59.6 Å². The predicted molar refractivity (Wildman–Crippen MR) is 108 cm³/mol. The lowest BCUT2D eigenvalue weighted by atomic mass is 10.1. The molecule has 11 heteroatoms. The number of urea groups is 1. The summed E-state index contributed by atoms with van der Waals surface area (Å²) in [5.41, 5.74) is -1.32. The Hall–Kier alpha value is -3.08. The van der Waals surface area contributed by atoms with Gasteiger partial charge in [0.05, 0.1) is 11.3 Å². The highest BCUT2D eigenvalue weighted by Crippen LogP contribution is 2.34. The summed E-state index contributed by atoms with van der Waals surface area (Å²) in [7, 11) is 0. The lowest BCUT2D eigenvalue weighted by Crippen LogP contribution is -2.44. The molecule has 1 fully saturated rings. The number of benzene rings is 1. The number of likely N-dealkylation sites (tertiary alicyclic amines) is 1. The standard InChI is InChI=1S/C20H24F3N5O3/c1-14-12-17(26-31-14)25-18(29)13-28(11-10-27-8-4-5-9-27)19(30)24-16-7-3-2-6-15(16)20(21,22)23/h2-3,6-7,12H,4-5,8-11,13H2,1H3,(H,24,30)(H,25,26,29). The molecular weight excluding hydrogens is 415 g/mol. The highest BCUT2D eigenvalue weighted by Gasteiger charge is 2.34. The van der Waals surface area contributed by atoms with E-state index in [0.29, 0.717) is 12.3 Å². The van der Waals surface area contributed by atoms with Gasteiger partial charge in [0.15, 0.2) is 5.82 Å². The third kappa shape index (κ3) is 6.45. The largest absolute Gasteiger partial charge is 0.418 e. The van der Waals surface area contributed by atoms with Crippen molar-refractivity contribution in [3.63, 3.8) is 0 Å². The Labute approximate surface area is 177 Å². The van der Waals surface area contributed by atoms with Gasteiger partial charge in [-0.05, 0) is 45.0 Å². The van der Waals surface area contributed by atoms with Crippen LogP contribution in [0.25, 0.3) is 0 Å². The summed E-state index contributed by atoms with van der Waals surface area (Å²) in [6.45, 7) is 3.79. The number of halogens is 3. The Bertz CT molecular complexity index is 909. The van der Waals surface area contributed by atoms with Crippen molar-refractivity contribution in [1.29, 1.82) is 0 Å². The molecule has 3 amide bonds. The molecule has 0 atom stereocenters. The van der Waals surface area contributed by atoms with Gasteiger partial charge in [-0.1, -0.05) is 17.3 Å². The molecule has 0 unspecified atom stereocenters. The Morgan fingerprint density at radius 3 is 2.55 bits per heavy atom. The van der Waals surface area contributed by atoms with E-state index >= 15 is 0 Å². The molecular formula is C20H24F3N5O3. The molecule has 1 aromatic carbocycles. The summed E-state index contributed by atoms with van der Waals surface area (Å²) in [6.07, 6.45) is -2.51. The first-order chi connectivity index (χ1) is 14.7. The van der Waals surface area contributed by atoms with Crippen LogP contribution in [-0.2, 0) is 11.0 Å². The van der Waals surface area contributed by atoms with Crippen LogP contribution >= 0.6 is 0 Å². The lowest BCUT2D eigenvalue weighted by Gasteiger charge is -2.26. The van der Waals surface area contributed by atoms with Gasteiger partial charge in [-0.3, -0.25) is 4.79 Å². The minimum absolute atomic E-state index is 0.186. The summed E-state index contributed by atoms with van der Waals surface area (Å²) in [5.74, 6) is 0.168. The second kappa shape index (κ2) is 9.82. The van der Waals surface area contributed by atoms with Gasteiger partial charge in [0, 0.05) is 19.2 Å². The van der Waals surface area contributed by atoms with E-state index in [2.05, 4.69) is 20.7 Å². The lowest BCUT2D eigenvalue weighted by molar-refractivity contribution is -0.137. The molecule has 1 saturated heterocycles. The number of carbonyl (C=O) groups is 2. The highest BCUT2D eigenvalue weighted by molar-refractivity contribution is 5.96. The maximum atomic E-state index is 13.3. The number of aryl methyl sites for hydroxylation is 1. The number of nitrogens with zero attached hydrogens (tertiary/aromatic N) is 3. The molecule has 2 aromatic rings. The van der Waals surface area contributed by atoms with Crippen molar-refractivity contribution in [3.8, 4) is 0 Å². The van der Waals surface area contributed by atoms with Gasteiger partial charge in [-0.15, -0.1) is 0 Å². The van der Waals surface area contributed by atoms with Crippen LogP contribution in [0.4, 0.5) is 29.5 Å². The van der Waals surface area contributed by atoms with Gasteiger partial charge in [-0.25, -0.2) is 4.79 Å². The second-order valence-corrected chi connectivity index (χ2v) is 7.31. The van der Waals surface area contributed by atoms with Crippen molar-refractivity contribution in [2.75, 3.05) is 43.4 Å². The number of aromatic nitrogens is 1. The number of nitrogens with one attached hydrogen (secondary N) is 2. The highest BCUT2D eigenvalue weighted by atomic mass is 19.4. The second-order valence-electron chi connectivity index (χ2n) is 7.31. The van der Waals surface area contributed by atoms with E-state index in [4.69, 9.17) is 4.52 Å². The zero-order chi connectivity index (χ0) is 22.4. The topological polar surface area (TPSA) is 90.7 Å². The average molecular weight is 439 g/mol. The first-order valence-electron chi connectivity index (χ1n) is 9.90. The van der Waals surface area contributed by atoms with Crippen LogP contribution in [0.2, 0.25) is 0 Å². The molecule has 2 heterocycles. The fourth-order valence-electron chi connectivity index (χ4n) is 3.34. The van der Waals surface area contributed by atoms with E-state index in [1.165, 1.54) is 29.2 Å². The van der Waals surface area contributed by atoms with Crippen LogP contribution in [0.15, 0.2) is 34.9 Å². The van der Waals surface area contributed by atoms with E-state index in [1.54, 1.807) is 6.92 Å². The average Bonchev–Trinajstić information content (AvgIpc) is 3.36.